The van der Waals surface area contributed by atoms with Crippen molar-refractivity contribution in [3.8, 4) is 0 Å². The van der Waals surface area contributed by atoms with Crippen LogP contribution in [0.1, 0.15) is 0 Å². The molecular formula is C6H14O4. The van der Waals surface area contributed by atoms with Crippen LogP contribution in [0.2, 0.25) is 0 Å². The molecular weight excluding hydrogens is 136 g/mol. The van der Waals surface area contributed by atoms with Crippen LogP contribution in [0.15, 0.2) is 0 Å². The van der Waals surface area contributed by atoms with Gasteiger partial charge in [0.25, 0.3) is 0 Å². The van der Waals surface area contributed by atoms with Crippen molar-refractivity contribution < 1.29 is 19.7 Å². The van der Waals surface area contributed by atoms with Gasteiger partial charge in [-0.05, 0) is 0 Å². The van der Waals surface area contributed by atoms with Crippen LogP contribution in [0, 0.1) is 0 Å². The predicted octanol–water partition coefficient (Wildman–Crippen LogP) is -0.996. The molecule has 0 atom stereocenters. The molecule has 0 bridgehead atoms. The van der Waals surface area contributed by atoms with Gasteiger partial charge in [0, 0.05) is 0 Å². The van der Waals surface area contributed by atoms with Gasteiger partial charge < -0.3 is 19.7 Å². The maximum absolute atomic E-state index is 7.62. The average molecular weight is 150 g/mol. The molecule has 62 valence electrons. The molecule has 2 N–H and O–H groups in total. The second kappa shape index (κ2) is 8.84. The normalized spacial score (nSPS) is 17.4. The average Bonchev–Trinajstić information content (AvgIpc) is 2.78. The Bertz CT molecular complexity index is 40.2. The highest BCUT2D eigenvalue weighted by Gasteiger charge is 1.94. The lowest BCUT2D eigenvalue weighted by Gasteiger charge is -1.70. The number of aliphatic hydroxyl groups excluding tert-OH is 2. The molecule has 0 saturated carbocycles. The fraction of sp³-hybridized carbons (Fsp3) is 1.00. The highest BCUT2D eigenvalue weighted by Crippen LogP contribution is 1.85. The van der Waals surface area contributed by atoms with Gasteiger partial charge in [-0.15, -0.1) is 0 Å². The third kappa shape index (κ3) is 45.5. The van der Waals surface area contributed by atoms with Crippen LogP contribution in [0.4, 0.5) is 0 Å². The summed E-state index contributed by atoms with van der Waals surface area (Å²) in [5, 5.41) is 15.2. The molecule has 0 aromatic heterocycles. The Morgan fingerprint density at radius 2 is 1.00 bits per heavy atom. The van der Waals surface area contributed by atoms with E-state index >= 15 is 0 Å². The van der Waals surface area contributed by atoms with E-state index in [2.05, 4.69) is 9.47 Å². The Morgan fingerprint density at radius 3 is 1.00 bits per heavy atom. The van der Waals surface area contributed by atoms with Crippen LogP contribution in [-0.4, -0.2) is 49.9 Å². The largest absolute Gasteiger partial charge is 0.394 e. The molecule has 0 aliphatic carbocycles. The molecule has 4 heteroatoms. The van der Waals surface area contributed by atoms with E-state index in [1.165, 1.54) is 0 Å². The number of aliphatic hydroxyl groups is 2. The van der Waals surface area contributed by atoms with Crippen molar-refractivity contribution in [3.05, 3.63) is 0 Å². The van der Waals surface area contributed by atoms with Crippen molar-refractivity contribution in [2.24, 2.45) is 0 Å². The van der Waals surface area contributed by atoms with Crippen molar-refractivity contribution in [2.45, 2.75) is 0 Å². The van der Waals surface area contributed by atoms with Crippen LogP contribution in [0.3, 0.4) is 0 Å². The fourth-order valence-electron chi connectivity index (χ4n) is 0. The lowest BCUT2D eigenvalue weighted by molar-refractivity contribution is 0.186. The zero-order chi connectivity index (χ0) is 7.66. The van der Waals surface area contributed by atoms with E-state index < -0.39 is 0 Å². The van der Waals surface area contributed by atoms with E-state index in [0.717, 1.165) is 26.4 Å². The van der Waals surface area contributed by atoms with Gasteiger partial charge in [0.2, 0.25) is 0 Å². The molecule has 0 spiro atoms. The van der Waals surface area contributed by atoms with Gasteiger partial charge in [-0.2, -0.15) is 0 Å². The van der Waals surface area contributed by atoms with Gasteiger partial charge in [-0.25, -0.2) is 0 Å². The molecule has 0 aromatic carbocycles. The molecule has 2 aliphatic heterocycles. The molecule has 0 unspecified atom stereocenters. The SMILES string of the molecule is C1CO1.C1CO1.OCCO. The van der Waals surface area contributed by atoms with Crippen LogP contribution in [0.5, 0.6) is 0 Å². The van der Waals surface area contributed by atoms with E-state index in [1.807, 2.05) is 0 Å². The quantitative estimate of drug-likeness (QED) is 0.471. The van der Waals surface area contributed by atoms with Crippen molar-refractivity contribution in [2.75, 3.05) is 39.6 Å². The maximum atomic E-state index is 7.62. The van der Waals surface area contributed by atoms with Crippen molar-refractivity contribution in [3.63, 3.8) is 0 Å². The number of rotatable bonds is 1. The van der Waals surface area contributed by atoms with Crippen molar-refractivity contribution >= 4 is 0 Å². The highest BCUT2D eigenvalue weighted by molar-refractivity contribution is 4.37. The third-order valence-corrected chi connectivity index (χ3v) is 0.508. The van der Waals surface area contributed by atoms with E-state index in [0.29, 0.717) is 0 Å². The molecule has 2 fully saturated rings. The summed E-state index contributed by atoms with van der Waals surface area (Å²) in [5.41, 5.74) is 0. The van der Waals surface area contributed by atoms with Gasteiger partial charge >= 0.3 is 0 Å². The van der Waals surface area contributed by atoms with E-state index in [4.69, 9.17) is 10.2 Å². The first-order valence-electron chi connectivity index (χ1n) is 3.29. The maximum Gasteiger partial charge on any atom is 0.0701 e. The van der Waals surface area contributed by atoms with E-state index in [1.54, 1.807) is 0 Å². The summed E-state index contributed by atoms with van der Waals surface area (Å²) in [4.78, 5) is 0. The van der Waals surface area contributed by atoms with Gasteiger partial charge in [0.05, 0.1) is 39.6 Å². The van der Waals surface area contributed by atoms with E-state index in [-0.39, 0.29) is 13.2 Å². The smallest absolute Gasteiger partial charge is 0.0701 e. The Hall–Kier alpha value is -0.160. The molecule has 0 aromatic rings. The van der Waals surface area contributed by atoms with Crippen LogP contribution in [0.25, 0.3) is 0 Å². The molecule has 2 aliphatic rings. The summed E-state index contributed by atoms with van der Waals surface area (Å²) in [6.45, 7) is 3.75. The first-order valence-corrected chi connectivity index (χ1v) is 3.29. The Balaban J connectivity index is 0.000000122. The zero-order valence-electron chi connectivity index (χ0n) is 5.95. The summed E-state index contributed by atoms with van der Waals surface area (Å²) in [7, 11) is 0. The highest BCUT2D eigenvalue weighted by atomic mass is 16.6. The summed E-state index contributed by atoms with van der Waals surface area (Å²) < 4.78 is 9.00. The fourth-order valence-corrected chi connectivity index (χ4v) is 0. The number of hydrogen-bond acceptors (Lipinski definition) is 4. The van der Waals surface area contributed by atoms with Gasteiger partial charge in [-0.3, -0.25) is 0 Å². The number of ether oxygens (including phenoxy) is 2. The molecule has 4 nitrogen and oxygen atoms in total. The summed E-state index contributed by atoms with van der Waals surface area (Å²) in [6, 6.07) is 0. The molecule has 2 saturated heterocycles. The summed E-state index contributed by atoms with van der Waals surface area (Å²) in [6.07, 6.45) is 0. The van der Waals surface area contributed by atoms with Crippen LogP contribution >= 0.6 is 0 Å². The van der Waals surface area contributed by atoms with Crippen molar-refractivity contribution in [1.29, 1.82) is 0 Å². The van der Waals surface area contributed by atoms with Crippen molar-refractivity contribution in [1.82, 2.24) is 0 Å². The third-order valence-electron chi connectivity index (χ3n) is 0.508. The Morgan fingerprint density at radius 1 is 0.800 bits per heavy atom. The van der Waals surface area contributed by atoms with Gasteiger partial charge in [0.15, 0.2) is 0 Å². The lowest BCUT2D eigenvalue weighted by atomic mass is 10.8. The monoisotopic (exact) mass is 150 g/mol. The standard InChI is InChI=1S/C2H6O2.2C2H4O/c3-1-2-4;2*1-2-3-1/h3-4H,1-2H2;2*1-2H2. The lowest BCUT2D eigenvalue weighted by Crippen LogP contribution is -1.85. The molecule has 10 heavy (non-hydrogen) atoms. The van der Waals surface area contributed by atoms with Gasteiger partial charge in [0.1, 0.15) is 0 Å². The minimum absolute atomic E-state index is 0.125. The second-order valence-electron chi connectivity index (χ2n) is 1.67. The molecule has 0 amide bonds. The van der Waals surface area contributed by atoms with Crippen LogP contribution < -0.4 is 0 Å². The summed E-state index contributed by atoms with van der Waals surface area (Å²) >= 11 is 0. The number of epoxide rings is 2. The number of hydrogen-bond donors (Lipinski definition) is 2. The Labute approximate surface area is 60.4 Å². The minimum atomic E-state index is -0.125. The summed E-state index contributed by atoms with van der Waals surface area (Å²) in [5.74, 6) is 0. The Kier molecular flexibility index (Phi) is 8.70. The molecule has 0 radical (unpaired) electrons. The second-order valence-corrected chi connectivity index (χ2v) is 1.67. The zero-order valence-corrected chi connectivity index (χ0v) is 5.95. The topological polar surface area (TPSA) is 65.5 Å². The predicted molar refractivity (Wildman–Crippen MR) is 35.8 cm³/mol. The van der Waals surface area contributed by atoms with E-state index in [9.17, 15) is 0 Å². The molecule has 2 heterocycles. The van der Waals surface area contributed by atoms with Crippen LogP contribution in [-0.2, 0) is 9.47 Å². The van der Waals surface area contributed by atoms with Gasteiger partial charge in [-0.1, -0.05) is 0 Å². The first kappa shape index (κ1) is 9.84. The molecule has 2 rings (SSSR count). The minimum Gasteiger partial charge on any atom is -0.394 e. The first-order chi connectivity index (χ1) is 4.91.